The van der Waals surface area contributed by atoms with Gasteiger partial charge in [0.15, 0.2) is 6.04 Å². The van der Waals surface area contributed by atoms with Gasteiger partial charge in [0.1, 0.15) is 6.04 Å². The molecule has 0 bridgehead atoms. The second-order valence-corrected chi connectivity index (χ2v) is 7.42. The van der Waals surface area contributed by atoms with Crippen LogP contribution in [-0.4, -0.2) is 71.2 Å². The maximum atomic E-state index is 12.4. The van der Waals surface area contributed by atoms with Crippen molar-refractivity contribution in [2.45, 2.75) is 70.7 Å². The maximum absolute atomic E-state index is 12.4. The number of carbonyl (C=O) groups is 4. The van der Waals surface area contributed by atoms with E-state index in [9.17, 15) is 24.3 Å². The third-order valence-corrected chi connectivity index (χ3v) is 4.13. The van der Waals surface area contributed by atoms with Crippen LogP contribution in [0.4, 0.5) is 0 Å². The minimum atomic E-state index is -1.49. The lowest BCUT2D eigenvalue weighted by Crippen LogP contribution is -2.54. The molecule has 0 aliphatic heterocycles. The highest BCUT2D eigenvalue weighted by molar-refractivity contribution is 5.92. The Labute approximate surface area is 171 Å². The number of carbonyl (C=O) groups excluding carboxylic acids is 3. The Hall–Kier alpha value is -2.24. The molecule has 0 aromatic carbocycles. The van der Waals surface area contributed by atoms with Gasteiger partial charge in [-0.1, -0.05) is 13.8 Å². The summed E-state index contributed by atoms with van der Waals surface area (Å²) in [6, 6.07) is -3.15. The normalized spacial score (nSPS) is 15.1. The van der Waals surface area contributed by atoms with Crippen LogP contribution in [0.2, 0.25) is 0 Å². The van der Waals surface area contributed by atoms with Gasteiger partial charge < -0.3 is 37.6 Å². The number of aliphatic hydroxyl groups is 1. The fourth-order valence-corrected chi connectivity index (χ4v) is 2.56. The van der Waals surface area contributed by atoms with Gasteiger partial charge in [-0.3, -0.25) is 14.4 Å². The van der Waals surface area contributed by atoms with Gasteiger partial charge in [0.05, 0.1) is 18.7 Å². The van der Waals surface area contributed by atoms with E-state index in [1.54, 1.807) is 0 Å². The standard InChI is InChI=1S/C18H35N5O6/c1-10(2)8-12(20)16(26)22-13(6-4-5-7-19)17(27)21-9-14(25)23-15(11(3)24)18(28)29/h10-13,15,24H,4-9,19-20H2,1-3H3,(H,21,27)(H,22,26)(H,23,25)(H,28,29). The van der Waals surface area contributed by atoms with E-state index in [4.69, 9.17) is 16.6 Å². The predicted molar refractivity (Wildman–Crippen MR) is 107 cm³/mol. The van der Waals surface area contributed by atoms with Gasteiger partial charge >= 0.3 is 5.97 Å². The largest absolute Gasteiger partial charge is 0.480 e. The summed E-state index contributed by atoms with van der Waals surface area (Å²) in [4.78, 5) is 47.6. The van der Waals surface area contributed by atoms with Gasteiger partial charge in [0.25, 0.3) is 0 Å². The molecule has 0 aliphatic rings. The summed E-state index contributed by atoms with van der Waals surface area (Å²) in [6.07, 6.45) is 0.714. The highest BCUT2D eigenvalue weighted by Gasteiger charge is 2.27. The molecule has 29 heavy (non-hydrogen) atoms. The first-order valence-electron chi connectivity index (χ1n) is 9.73. The van der Waals surface area contributed by atoms with Crippen LogP contribution in [0.25, 0.3) is 0 Å². The molecule has 4 atom stereocenters. The number of hydrogen-bond donors (Lipinski definition) is 7. The summed E-state index contributed by atoms with van der Waals surface area (Å²) in [5, 5.41) is 25.4. The zero-order valence-electron chi connectivity index (χ0n) is 17.3. The number of nitrogens with one attached hydrogen (secondary N) is 3. The van der Waals surface area contributed by atoms with Crippen molar-refractivity contribution in [1.82, 2.24) is 16.0 Å². The van der Waals surface area contributed by atoms with E-state index in [1.807, 2.05) is 13.8 Å². The summed E-state index contributed by atoms with van der Waals surface area (Å²) < 4.78 is 0. The lowest BCUT2D eigenvalue weighted by atomic mass is 10.0. The van der Waals surface area contributed by atoms with Gasteiger partial charge in [-0.2, -0.15) is 0 Å². The Morgan fingerprint density at radius 3 is 2.10 bits per heavy atom. The third kappa shape index (κ3) is 11.4. The van der Waals surface area contributed by atoms with Gasteiger partial charge in [0.2, 0.25) is 17.7 Å². The molecule has 0 radical (unpaired) electrons. The molecule has 11 nitrogen and oxygen atoms in total. The maximum Gasteiger partial charge on any atom is 0.328 e. The van der Waals surface area contributed by atoms with Gasteiger partial charge in [-0.15, -0.1) is 0 Å². The first kappa shape index (κ1) is 26.8. The van der Waals surface area contributed by atoms with Crippen molar-refractivity contribution in [3.8, 4) is 0 Å². The Balaban J connectivity index is 4.84. The molecule has 4 unspecified atom stereocenters. The lowest BCUT2D eigenvalue weighted by Gasteiger charge is -2.22. The first-order valence-corrected chi connectivity index (χ1v) is 9.73. The molecule has 0 aromatic heterocycles. The van der Waals surface area contributed by atoms with Crippen molar-refractivity contribution in [1.29, 1.82) is 0 Å². The number of carboxylic acids is 1. The fraction of sp³-hybridized carbons (Fsp3) is 0.778. The first-order chi connectivity index (χ1) is 13.5. The zero-order chi connectivity index (χ0) is 22.6. The molecular formula is C18H35N5O6. The van der Waals surface area contributed by atoms with E-state index >= 15 is 0 Å². The highest BCUT2D eigenvalue weighted by Crippen LogP contribution is 2.05. The highest BCUT2D eigenvalue weighted by atomic mass is 16.4. The molecule has 11 heteroatoms. The lowest BCUT2D eigenvalue weighted by molar-refractivity contribution is -0.144. The summed E-state index contributed by atoms with van der Waals surface area (Å²) in [7, 11) is 0. The number of aliphatic carboxylic acids is 1. The topological polar surface area (TPSA) is 197 Å². The van der Waals surface area contributed by atoms with E-state index in [2.05, 4.69) is 16.0 Å². The van der Waals surface area contributed by atoms with Crippen LogP contribution in [0.5, 0.6) is 0 Å². The average Bonchev–Trinajstić information content (AvgIpc) is 2.62. The number of amides is 3. The number of nitrogens with two attached hydrogens (primary N) is 2. The summed E-state index contributed by atoms with van der Waals surface area (Å²) in [5.41, 5.74) is 11.3. The minimum absolute atomic E-state index is 0.208. The molecule has 9 N–H and O–H groups in total. The summed E-state index contributed by atoms with van der Waals surface area (Å²) in [6.45, 7) is 5.01. The van der Waals surface area contributed by atoms with Crippen LogP contribution in [0.3, 0.4) is 0 Å². The van der Waals surface area contributed by atoms with Crippen molar-refractivity contribution in [3.05, 3.63) is 0 Å². The number of aliphatic hydroxyl groups excluding tert-OH is 1. The van der Waals surface area contributed by atoms with Crippen LogP contribution >= 0.6 is 0 Å². The molecule has 0 aliphatic carbocycles. The predicted octanol–water partition coefficient (Wildman–Crippen LogP) is -1.96. The Morgan fingerprint density at radius 1 is 1.00 bits per heavy atom. The molecule has 0 heterocycles. The van der Waals surface area contributed by atoms with Crippen LogP contribution < -0.4 is 27.4 Å². The van der Waals surface area contributed by atoms with E-state index in [-0.39, 0.29) is 5.92 Å². The van der Waals surface area contributed by atoms with Crippen molar-refractivity contribution in [3.63, 3.8) is 0 Å². The van der Waals surface area contributed by atoms with Gasteiger partial charge in [0, 0.05) is 0 Å². The van der Waals surface area contributed by atoms with E-state index in [1.165, 1.54) is 6.92 Å². The van der Waals surface area contributed by atoms with Gasteiger partial charge in [-0.25, -0.2) is 4.79 Å². The number of unbranched alkanes of at least 4 members (excludes halogenated alkanes) is 1. The molecule has 0 rings (SSSR count). The smallest absolute Gasteiger partial charge is 0.328 e. The molecule has 0 aromatic rings. The van der Waals surface area contributed by atoms with Crippen LogP contribution in [0.15, 0.2) is 0 Å². The van der Waals surface area contributed by atoms with E-state index in [0.717, 1.165) is 0 Å². The molecule has 168 valence electrons. The Bertz CT molecular complexity index is 555. The molecule has 0 saturated heterocycles. The second kappa shape index (κ2) is 13.9. The number of hydrogen-bond acceptors (Lipinski definition) is 7. The van der Waals surface area contributed by atoms with Crippen molar-refractivity contribution < 1.29 is 29.4 Å². The molecule has 0 spiro atoms. The summed E-state index contributed by atoms with van der Waals surface area (Å²) in [5.74, 6) is -3.02. The SMILES string of the molecule is CC(C)CC(N)C(=O)NC(CCCCN)C(=O)NCC(=O)NC(C(=O)O)C(C)O. The summed E-state index contributed by atoms with van der Waals surface area (Å²) >= 11 is 0. The van der Waals surface area contributed by atoms with Crippen LogP contribution in [0.1, 0.15) is 46.5 Å². The van der Waals surface area contributed by atoms with Gasteiger partial charge in [-0.05, 0) is 45.1 Å². The van der Waals surface area contributed by atoms with E-state index in [0.29, 0.717) is 32.2 Å². The second-order valence-electron chi connectivity index (χ2n) is 7.42. The monoisotopic (exact) mass is 417 g/mol. The molecule has 0 saturated carbocycles. The quantitative estimate of drug-likeness (QED) is 0.158. The van der Waals surface area contributed by atoms with Crippen molar-refractivity contribution >= 4 is 23.7 Å². The van der Waals surface area contributed by atoms with Crippen LogP contribution in [-0.2, 0) is 19.2 Å². The number of rotatable bonds is 14. The Morgan fingerprint density at radius 2 is 1.62 bits per heavy atom. The molecular weight excluding hydrogens is 382 g/mol. The third-order valence-electron chi connectivity index (χ3n) is 4.13. The fourth-order valence-electron chi connectivity index (χ4n) is 2.56. The van der Waals surface area contributed by atoms with E-state index < -0.39 is 54.5 Å². The molecule has 0 fully saturated rings. The van der Waals surface area contributed by atoms with Crippen LogP contribution in [0, 0.1) is 5.92 Å². The van der Waals surface area contributed by atoms with Crippen molar-refractivity contribution in [2.24, 2.45) is 17.4 Å². The minimum Gasteiger partial charge on any atom is -0.480 e. The zero-order valence-corrected chi connectivity index (χ0v) is 17.3. The molecule has 3 amide bonds. The van der Waals surface area contributed by atoms with Crippen molar-refractivity contribution in [2.75, 3.05) is 13.1 Å². The average molecular weight is 418 g/mol. The number of carboxylic acid groups (broad SMARTS) is 1. The Kier molecular flexibility index (Phi) is 12.8.